The van der Waals surface area contributed by atoms with Crippen molar-refractivity contribution in [1.82, 2.24) is 5.32 Å². The van der Waals surface area contributed by atoms with Gasteiger partial charge in [0.1, 0.15) is 5.82 Å². The van der Waals surface area contributed by atoms with Gasteiger partial charge in [0.25, 0.3) is 0 Å². The molecule has 2 nitrogen and oxygen atoms in total. The molecule has 2 aromatic rings. The summed E-state index contributed by atoms with van der Waals surface area (Å²) in [7, 11) is 1.43. The van der Waals surface area contributed by atoms with E-state index in [9.17, 15) is 8.78 Å². The Hall–Kier alpha value is -1.46. The molecule has 0 fully saturated rings. The summed E-state index contributed by atoms with van der Waals surface area (Å²) in [6.45, 7) is 2.40. The van der Waals surface area contributed by atoms with Crippen molar-refractivity contribution in [2.24, 2.45) is 0 Å². The minimum Gasteiger partial charge on any atom is -0.494 e. The maximum absolute atomic E-state index is 13.7. The van der Waals surface area contributed by atoms with Gasteiger partial charge < -0.3 is 10.1 Å². The lowest BCUT2D eigenvalue weighted by Gasteiger charge is -2.16. The Morgan fingerprint density at radius 3 is 2.62 bits per heavy atom. The van der Waals surface area contributed by atoms with Crippen molar-refractivity contribution in [2.45, 2.75) is 19.5 Å². The highest BCUT2D eigenvalue weighted by molar-refractivity contribution is 9.10. The van der Waals surface area contributed by atoms with Crippen LogP contribution in [0.2, 0.25) is 0 Å². The van der Waals surface area contributed by atoms with Gasteiger partial charge in [0.15, 0.2) is 11.6 Å². The predicted octanol–water partition coefficient (Wildman–Crippen LogP) is 4.59. The zero-order valence-electron chi connectivity index (χ0n) is 11.8. The van der Waals surface area contributed by atoms with Gasteiger partial charge in [0.2, 0.25) is 0 Å². The van der Waals surface area contributed by atoms with E-state index < -0.39 is 5.82 Å². The van der Waals surface area contributed by atoms with E-state index in [1.165, 1.54) is 25.3 Å². The van der Waals surface area contributed by atoms with Crippen molar-refractivity contribution < 1.29 is 13.5 Å². The van der Waals surface area contributed by atoms with Crippen LogP contribution >= 0.6 is 15.9 Å². The fourth-order valence-corrected chi connectivity index (χ4v) is 2.40. The summed E-state index contributed by atoms with van der Waals surface area (Å²) in [4.78, 5) is 0. The number of hydrogen-bond donors (Lipinski definition) is 1. The Bertz CT molecular complexity index is 634. The van der Waals surface area contributed by atoms with Gasteiger partial charge in [-0.15, -0.1) is 0 Å². The average molecular weight is 356 g/mol. The molecule has 2 rings (SSSR count). The van der Waals surface area contributed by atoms with Crippen LogP contribution < -0.4 is 10.1 Å². The van der Waals surface area contributed by atoms with Crippen LogP contribution in [0, 0.1) is 11.6 Å². The first-order valence-electron chi connectivity index (χ1n) is 6.52. The summed E-state index contributed by atoms with van der Waals surface area (Å²) in [5.74, 6) is -0.451. The van der Waals surface area contributed by atoms with E-state index in [1.54, 1.807) is 18.2 Å². The summed E-state index contributed by atoms with van der Waals surface area (Å²) in [6, 6.07) is 9.32. The zero-order chi connectivity index (χ0) is 15.4. The highest BCUT2D eigenvalue weighted by atomic mass is 79.9. The van der Waals surface area contributed by atoms with Crippen LogP contribution in [0.5, 0.6) is 5.75 Å². The highest BCUT2D eigenvalue weighted by Crippen LogP contribution is 2.23. The number of rotatable bonds is 5. The Morgan fingerprint density at radius 1 is 1.19 bits per heavy atom. The van der Waals surface area contributed by atoms with E-state index in [0.29, 0.717) is 6.54 Å². The molecule has 0 aliphatic carbocycles. The standard InChI is InChI=1S/C16H16BrF2NO/c1-10(11-3-6-16(21-2)15(19)8-11)20-9-12-7-13(18)4-5-14(12)17/h3-8,10,20H,9H2,1-2H3. The van der Waals surface area contributed by atoms with E-state index >= 15 is 0 Å². The molecular formula is C16H16BrF2NO. The molecule has 0 aliphatic rings. The molecule has 0 amide bonds. The molecule has 0 saturated heterocycles. The maximum Gasteiger partial charge on any atom is 0.165 e. The number of halogens is 3. The average Bonchev–Trinajstić information content (AvgIpc) is 2.47. The summed E-state index contributed by atoms with van der Waals surface area (Å²) in [6.07, 6.45) is 0. The molecule has 1 atom stereocenters. The second kappa shape index (κ2) is 7.00. The molecule has 0 aromatic heterocycles. The molecule has 0 spiro atoms. The topological polar surface area (TPSA) is 21.3 Å². The molecular weight excluding hydrogens is 340 g/mol. The van der Waals surface area contributed by atoms with Crippen LogP contribution in [0.4, 0.5) is 8.78 Å². The minimum absolute atomic E-state index is 0.0689. The molecule has 0 heterocycles. The van der Waals surface area contributed by atoms with E-state index in [4.69, 9.17) is 4.74 Å². The van der Waals surface area contributed by atoms with Crippen molar-refractivity contribution in [3.05, 3.63) is 63.6 Å². The lowest BCUT2D eigenvalue weighted by Crippen LogP contribution is -2.18. The predicted molar refractivity (Wildman–Crippen MR) is 82.3 cm³/mol. The number of ether oxygens (including phenoxy) is 1. The van der Waals surface area contributed by atoms with Gasteiger partial charge in [0, 0.05) is 17.1 Å². The molecule has 21 heavy (non-hydrogen) atoms. The fraction of sp³-hybridized carbons (Fsp3) is 0.250. The zero-order valence-corrected chi connectivity index (χ0v) is 13.4. The van der Waals surface area contributed by atoms with Crippen LogP contribution in [0.1, 0.15) is 24.1 Å². The molecule has 5 heteroatoms. The second-order valence-electron chi connectivity index (χ2n) is 4.73. The normalized spacial score (nSPS) is 12.2. The van der Waals surface area contributed by atoms with Gasteiger partial charge in [-0.3, -0.25) is 0 Å². The first kappa shape index (κ1) is 15.9. The molecule has 0 radical (unpaired) electrons. The monoisotopic (exact) mass is 355 g/mol. The van der Waals surface area contributed by atoms with Gasteiger partial charge in [-0.05, 0) is 48.4 Å². The Kier molecular flexibility index (Phi) is 5.31. The summed E-state index contributed by atoms with van der Waals surface area (Å²) < 4.78 is 32.6. The number of hydrogen-bond acceptors (Lipinski definition) is 2. The smallest absolute Gasteiger partial charge is 0.165 e. The van der Waals surface area contributed by atoms with Crippen LogP contribution in [0.15, 0.2) is 40.9 Å². The van der Waals surface area contributed by atoms with Crippen LogP contribution in [-0.2, 0) is 6.54 Å². The first-order valence-corrected chi connectivity index (χ1v) is 7.31. The third-order valence-corrected chi connectivity index (χ3v) is 4.06. The molecule has 0 bridgehead atoms. The van der Waals surface area contributed by atoms with Gasteiger partial charge >= 0.3 is 0 Å². The van der Waals surface area contributed by atoms with Crippen LogP contribution in [0.25, 0.3) is 0 Å². The maximum atomic E-state index is 13.7. The van der Waals surface area contributed by atoms with E-state index in [0.717, 1.165) is 15.6 Å². The summed E-state index contributed by atoms with van der Waals surface area (Å²) >= 11 is 3.38. The van der Waals surface area contributed by atoms with Crippen molar-refractivity contribution >= 4 is 15.9 Å². The van der Waals surface area contributed by atoms with E-state index in [2.05, 4.69) is 21.2 Å². The Balaban J connectivity index is 2.06. The molecule has 2 aromatic carbocycles. The fourth-order valence-electron chi connectivity index (χ4n) is 2.01. The minimum atomic E-state index is -0.393. The van der Waals surface area contributed by atoms with Gasteiger partial charge in [-0.1, -0.05) is 22.0 Å². The summed E-state index contributed by atoms with van der Waals surface area (Å²) in [5.41, 5.74) is 1.62. The Labute approximate surface area is 131 Å². The molecule has 112 valence electrons. The number of benzene rings is 2. The third kappa shape index (κ3) is 4.02. The van der Waals surface area contributed by atoms with Crippen molar-refractivity contribution in [3.63, 3.8) is 0 Å². The largest absolute Gasteiger partial charge is 0.494 e. The van der Waals surface area contributed by atoms with Crippen molar-refractivity contribution in [1.29, 1.82) is 0 Å². The summed E-state index contributed by atoms with van der Waals surface area (Å²) in [5, 5.41) is 3.24. The lowest BCUT2D eigenvalue weighted by molar-refractivity contribution is 0.385. The Morgan fingerprint density at radius 2 is 1.95 bits per heavy atom. The lowest BCUT2D eigenvalue weighted by atomic mass is 10.1. The SMILES string of the molecule is COc1ccc(C(C)NCc2cc(F)ccc2Br)cc1F. The van der Waals surface area contributed by atoms with E-state index in [-0.39, 0.29) is 17.6 Å². The van der Waals surface area contributed by atoms with Gasteiger partial charge in [0.05, 0.1) is 7.11 Å². The first-order chi connectivity index (χ1) is 10.0. The third-order valence-electron chi connectivity index (χ3n) is 3.28. The highest BCUT2D eigenvalue weighted by Gasteiger charge is 2.10. The van der Waals surface area contributed by atoms with Crippen molar-refractivity contribution in [2.75, 3.05) is 7.11 Å². The number of methoxy groups -OCH3 is 1. The van der Waals surface area contributed by atoms with Crippen LogP contribution in [-0.4, -0.2) is 7.11 Å². The molecule has 0 saturated carbocycles. The van der Waals surface area contributed by atoms with Crippen LogP contribution in [0.3, 0.4) is 0 Å². The quantitative estimate of drug-likeness (QED) is 0.846. The van der Waals surface area contributed by atoms with Gasteiger partial charge in [-0.25, -0.2) is 8.78 Å². The molecule has 1 unspecified atom stereocenters. The molecule has 1 N–H and O–H groups in total. The second-order valence-corrected chi connectivity index (χ2v) is 5.59. The van der Waals surface area contributed by atoms with Crippen molar-refractivity contribution in [3.8, 4) is 5.75 Å². The number of nitrogens with one attached hydrogen (secondary N) is 1. The molecule has 0 aliphatic heterocycles. The van der Waals surface area contributed by atoms with E-state index in [1.807, 2.05) is 6.92 Å². The van der Waals surface area contributed by atoms with Gasteiger partial charge in [-0.2, -0.15) is 0 Å².